The van der Waals surface area contributed by atoms with Gasteiger partial charge >= 0.3 is 0 Å². The van der Waals surface area contributed by atoms with Gasteiger partial charge in [-0.15, -0.1) is 10.2 Å². The van der Waals surface area contributed by atoms with E-state index in [0.29, 0.717) is 22.4 Å². The van der Waals surface area contributed by atoms with E-state index in [1.807, 2.05) is 13.8 Å². The van der Waals surface area contributed by atoms with Crippen LogP contribution < -0.4 is 5.32 Å². The predicted molar refractivity (Wildman–Crippen MR) is 86.4 cm³/mol. The quantitative estimate of drug-likeness (QED) is 0.789. The third kappa shape index (κ3) is 3.42. The van der Waals surface area contributed by atoms with Crippen molar-refractivity contribution < 1.29 is 9.32 Å². The summed E-state index contributed by atoms with van der Waals surface area (Å²) in [6, 6.07) is 6.94. The van der Waals surface area contributed by atoms with Crippen molar-refractivity contribution in [1.29, 1.82) is 0 Å². The number of nitrogens with zero attached hydrogens (tertiary/aromatic N) is 4. The van der Waals surface area contributed by atoms with E-state index in [0.717, 1.165) is 10.6 Å². The molecule has 2 aromatic heterocycles. The Morgan fingerprint density at radius 3 is 2.52 bits per heavy atom. The number of aryl methyl sites for hydroxylation is 1. The maximum atomic E-state index is 12.2. The number of benzene rings is 1. The van der Waals surface area contributed by atoms with E-state index in [4.69, 9.17) is 4.52 Å². The molecule has 0 bridgehead atoms. The molecule has 8 heteroatoms. The van der Waals surface area contributed by atoms with Crippen LogP contribution in [0.5, 0.6) is 0 Å². The number of carbonyl (C=O) groups is 1. The fraction of sp³-hybridized carbons (Fsp3) is 0.267. The lowest BCUT2D eigenvalue weighted by molar-refractivity contribution is 0.102. The highest BCUT2D eigenvalue weighted by atomic mass is 32.1. The molecule has 2 heterocycles. The SMILES string of the molecule is Cc1noc(-c2ccc(C(=O)Nc3nnc(C(C)C)s3)cc2)n1. The Bertz CT molecular complexity index is 823. The van der Waals surface area contributed by atoms with E-state index in [2.05, 4.69) is 25.7 Å². The first-order chi connectivity index (χ1) is 11.0. The largest absolute Gasteiger partial charge is 0.334 e. The summed E-state index contributed by atoms with van der Waals surface area (Å²) in [6.45, 7) is 5.82. The highest BCUT2D eigenvalue weighted by Gasteiger charge is 2.13. The van der Waals surface area contributed by atoms with Crippen LogP contribution in [0.1, 0.15) is 41.0 Å². The second kappa shape index (κ2) is 6.25. The first-order valence-electron chi connectivity index (χ1n) is 7.08. The molecular formula is C15H15N5O2S. The van der Waals surface area contributed by atoms with Gasteiger partial charge in [0, 0.05) is 17.0 Å². The van der Waals surface area contributed by atoms with Crippen LogP contribution in [0.15, 0.2) is 28.8 Å². The van der Waals surface area contributed by atoms with Gasteiger partial charge in [-0.2, -0.15) is 4.98 Å². The minimum Gasteiger partial charge on any atom is -0.334 e. The highest BCUT2D eigenvalue weighted by Crippen LogP contribution is 2.23. The Balaban J connectivity index is 1.72. The zero-order chi connectivity index (χ0) is 16.4. The maximum absolute atomic E-state index is 12.2. The second-order valence-corrected chi connectivity index (χ2v) is 6.29. The van der Waals surface area contributed by atoms with E-state index < -0.39 is 0 Å². The van der Waals surface area contributed by atoms with E-state index >= 15 is 0 Å². The molecule has 1 aromatic carbocycles. The number of aromatic nitrogens is 4. The summed E-state index contributed by atoms with van der Waals surface area (Å²) in [5, 5.41) is 15.9. The number of nitrogens with one attached hydrogen (secondary N) is 1. The lowest BCUT2D eigenvalue weighted by Gasteiger charge is -2.02. The van der Waals surface area contributed by atoms with E-state index in [1.165, 1.54) is 11.3 Å². The molecule has 0 radical (unpaired) electrons. The molecule has 23 heavy (non-hydrogen) atoms. The molecule has 0 atom stereocenters. The molecule has 0 spiro atoms. The molecule has 0 fully saturated rings. The van der Waals surface area contributed by atoms with Crippen molar-refractivity contribution >= 4 is 22.4 Å². The van der Waals surface area contributed by atoms with Gasteiger partial charge in [-0.25, -0.2) is 0 Å². The van der Waals surface area contributed by atoms with Gasteiger partial charge in [-0.05, 0) is 31.2 Å². The lowest BCUT2D eigenvalue weighted by Crippen LogP contribution is -2.11. The molecule has 1 amide bonds. The third-order valence-electron chi connectivity index (χ3n) is 3.08. The van der Waals surface area contributed by atoms with Crippen LogP contribution in [0.3, 0.4) is 0 Å². The molecule has 7 nitrogen and oxygen atoms in total. The Morgan fingerprint density at radius 2 is 1.96 bits per heavy atom. The van der Waals surface area contributed by atoms with Crippen LogP contribution in [0.2, 0.25) is 0 Å². The molecule has 1 N–H and O–H groups in total. The molecule has 0 aliphatic carbocycles. The summed E-state index contributed by atoms with van der Waals surface area (Å²) in [6.07, 6.45) is 0. The molecule has 3 rings (SSSR count). The maximum Gasteiger partial charge on any atom is 0.257 e. The van der Waals surface area contributed by atoms with Crippen LogP contribution >= 0.6 is 11.3 Å². The van der Waals surface area contributed by atoms with Crippen molar-refractivity contribution in [2.24, 2.45) is 0 Å². The number of anilines is 1. The number of rotatable bonds is 4. The zero-order valence-electron chi connectivity index (χ0n) is 12.9. The fourth-order valence-corrected chi connectivity index (χ4v) is 2.61. The van der Waals surface area contributed by atoms with Crippen LogP contribution in [-0.4, -0.2) is 26.2 Å². The summed E-state index contributed by atoms with van der Waals surface area (Å²) in [7, 11) is 0. The number of hydrogen-bond donors (Lipinski definition) is 1. The second-order valence-electron chi connectivity index (χ2n) is 5.28. The minimum atomic E-state index is -0.232. The highest BCUT2D eigenvalue weighted by molar-refractivity contribution is 7.15. The molecule has 0 aliphatic heterocycles. The normalized spacial score (nSPS) is 11.0. The van der Waals surface area contributed by atoms with Gasteiger partial charge < -0.3 is 4.52 Å². The number of carbonyl (C=O) groups excluding carboxylic acids is 1. The monoisotopic (exact) mass is 329 g/mol. The minimum absolute atomic E-state index is 0.232. The molecule has 0 unspecified atom stereocenters. The molecule has 3 aromatic rings. The van der Waals surface area contributed by atoms with Crippen molar-refractivity contribution in [3.05, 3.63) is 40.7 Å². The van der Waals surface area contributed by atoms with Gasteiger partial charge in [-0.1, -0.05) is 30.3 Å². The number of hydrogen-bond acceptors (Lipinski definition) is 7. The van der Waals surface area contributed by atoms with Gasteiger partial charge in [0.25, 0.3) is 11.8 Å². The van der Waals surface area contributed by atoms with Gasteiger partial charge in [0.1, 0.15) is 5.01 Å². The number of amides is 1. The van der Waals surface area contributed by atoms with Crippen molar-refractivity contribution in [3.63, 3.8) is 0 Å². The fourth-order valence-electron chi connectivity index (χ4n) is 1.87. The smallest absolute Gasteiger partial charge is 0.257 e. The van der Waals surface area contributed by atoms with Gasteiger partial charge in [-0.3, -0.25) is 10.1 Å². The molecule has 0 saturated carbocycles. The van der Waals surface area contributed by atoms with Crippen LogP contribution in [-0.2, 0) is 0 Å². The van der Waals surface area contributed by atoms with Crippen LogP contribution in [0.25, 0.3) is 11.5 Å². The average Bonchev–Trinajstić information content (AvgIpc) is 3.16. The van der Waals surface area contributed by atoms with Gasteiger partial charge in [0.15, 0.2) is 5.82 Å². The Labute approximate surface area is 136 Å². The summed E-state index contributed by atoms with van der Waals surface area (Å²) >= 11 is 1.38. The van der Waals surface area contributed by atoms with E-state index in [1.54, 1.807) is 31.2 Å². The van der Waals surface area contributed by atoms with Crippen molar-refractivity contribution in [2.75, 3.05) is 5.32 Å². The first-order valence-corrected chi connectivity index (χ1v) is 7.90. The Kier molecular flexibility index (Phi) is 4.16. The zero-order valence-corrected chi connectivity index (χ0v) is 13.7. The summed E-state index contributed by atoms with van der Waals surface area (Å²) < 4.78 is 5.09. The van der Waals surface area contributed by atoms with Gasteiger partial charge in [0.2, 0.25) is 5.13 Å². The van der Waals surface area contributed by atoms with Crippen molar-refractivity contribution in [2.45, 2.75) is 26.7 Å². The van der Waals surface area contributed by atoms with E-state index in [-0.39, 0.29) is 11.8 Å². The first kappa shape index (κ1) is 15.3. The summed E-state index contributed by atoms with van der Waals surface area (Å²) in [4.78, 5) is 16.4. The molecule has 0 aliphatic rings. The summed E-state index contributed by atoms with van der Waals surface area (Å²) in [5.41, 5.74) is 1.28. The summed E-state index contributed by atoms with van der Waals surface area (Å²) in [5.74, 6) is 1.05. The van der Waals surface area contributed by atoms with Crippen LogP contribution in [0.4, 0.5) is 5.13 Å². The van der Waals surface area contributed by atoms with Crippen molar-refractivity contribution in [1.82, 2.24) is 20.3 Å². The lowest BCUT2D eigenvalue weighted by atomic mass is 10.1. The van der Waals surface area contributed by atoms with Crippen LogP contribution in [0, 0.1) is 6.92 Å². The van der Waals surface area contributed by atoms with Gasteiger partial charge in [0.05, 0.1) is 0 Å². The average molecular weight is 329 g/mol. The Hall–Kier alpha value is -2.61. The third-order valence-corrected chi connectivity index (χ3v) is 4.22. The predicted octanol–water partition coefficient (Wildman–Crippen LogP) is 3.27. The standard InChI is InChI=1S/C15H15N5O2S/c1-8(2)14-18-19-15(23-14)17-12(21)10-4-6-11(7-5-10)13-16-9(3)20-22-13/h4-8H,1-3H3,(H,17,19,21). The van der Waals surface area contributed by atoms with E-state index in [9.17, 15) is 4.79 Å². The molecule has 0 saturated heterocycles. The Morgan fingerprint density at radius 1 is 1.22 bits per heavy atom. The van der Waals surface area contributed by atoms with Crippen molar-refractivity contribution in [3.8, 4) is 11.5 Å². The topological polar surface area (TPSA) is 93.8 Å². The molecular weight excluding hydrogens is 314 g/mol. The molecule has 118 valence electrons.